The Hall–Kier alpha value is -2.98. The molecule has 2 aromatic heterocycles. The number of aromatic nitrogens is 3. The van der Waals surface area contributed by atoms with Gasteiger partial charge in [0, 0.05) is 24.2 Å². The molecule has 1 aliphatic heterocycles. The smallest absolute Gasteiger partial charge is 0.283 e. The molecule has 2 aliphatic carbocycles. The Labute approximate surface area is 217 Å². The van der Waals surface area contributed by atoms with Crippen molar-refractivity contribution in [2.24, 2.45) is 0 Å². The van der Waals surface area contributed by atoms with E-state index >= 15 is 0 Å². The second-order valence-electron chi connectivity index (χ2n) is 10.4. The number of nitrogens with one attached hydrogen (secondary N) is 1. The molecule has 0 atom stereocenters. The van der Waals surface area contributed by atoms with E-state index in [-0.39, 0.29) is 11.7 Å². The van der Waals surface area contributed by atoms with Crippen LogP contribution in [0, 0.1) is 6.92 Å². The molecule has 2 saturated carbocycles. The summed E-state index contributed by atoms with van der Waals surface area (Å²) in [6.07, 6.45) is 6.71. The number of carbonyl (C=O) groups is 1. The van der Waals surface area contributed by atoms with Gasteiger partial charge in [0.1, 0.15) is 5.69 Å². The minimum atomic E-state index is -3.69. The number of morpholine rings is 1. The van der Waals surface area contributed by atoms with Crippen molar-refractivity contribution >= 4 is 32.7 Å². The van der Waals surface area contributed by atoms with Crippen molar-refractivity contribution in [3.8, 4) is 11.1 Å². The average Bonchev–Trinajstić information content (AvgIpc) is 3.74. The summed E-state index contributed by atoms with van der Waals surface area (Å²) in [5, 5.41) is 5.31. The lowest BCUT2D eigenvalue weighted by Gasteiger charge is -2.29. The first-order valence-electron chi connectivity index (χ1n) is 13.3. The zero-order valence-corrected chi connectivity index (χ0v) is 22.0. The number of sulfonamides is 1. The Morgan fingerprint density at radius 3 is 2.41 bits per heavy atom. The van der Waals surface area contributed by atoms with Crippen molar-refractivity contribution in [1.82, 2.24) is 19.5 Å². The molecule has 37 heavy (non-hydrogen) atoms. The molecule has 3 aromatic rings. The fourth-order valence-electron chi connectivity index (χ4n) is 5.55. The Morgan fingerprint density at radius 1 is 1.03 bits per heavy atom. The summed E-state index contributed by atoms with van der Waals surface area (Å²) < 4.78 is 34.7. The number of amides is 1. The lowest BCUT2D eigenvalue weighted by atomic mass is 9.95. The minimum Gasteiger partial charge on any atom is -0.378 e. The Bertz CT molecular complexity index is 1420. The minimum absolute atomic E-state index is 0.0981. The number of hydrogen-bond donors (Lipinski definition) is 1. The fourth-order valence-corrected chi connectivity index (χ4v) is 6.84. The Balaban J connectivity index is 1.44. The van der Waals surface area contributed by atoms with Crippen LogP contribution in [-0.2, 0) is 14.8 Å². The van der Waals surface area contributed by atoms with E-state index in [4.69, 9.17) is 14.8 Å². The summed E-state index contributed by atoms with van der Waals surface area (Å²) in [6.45, 7) is 5.12. The number of anilines is 1. The van der Waals surface area contributed by atoms with Gasteiger partial charge in [0.25, 0.3) is 5.91 Å². The van der Waals surface area contributed by atoms with Crippen molar-refractivity contribution < 1.29 is 17.9 Å². The zero-order chi connectivity index (χ0) is 25.6. The van der Waals surface area contributed by atoms with Crippen LogP contribution in [0.5, 0.6) is 0 Å². The van der Waals surface area contributed by atoms with Crippen molar-refractivity contribution in [2.45, 2.75) is 63.2 Å². The van der Waals surface area contributed by atoms with Gasteiger partial charge in [-0.2, -0.15) is 5.10 Å². The summed E-state index contributed by atoms with van der Waals surface area (Å²) >= 11 is 0. The van der Waals surface area contributed by atoms with Crippen LogP contribution in [0.4, 0.5) is 5.69 Å². The fraction of sp³-hybridized carbons (Fsp3) is 0.519. The molecule has 0 spiro atoms. The van der Waals surface area contributed by atoms with Gasteiger partial charge in [-0.15, -0.1) is 0 Å². The second kappa shape index (κ2) is 9.72. The quantitative estimate of drug-likeness (QED) is 0.521. The lowest BCUT2D eigenvalue weighted by molar-refractivity contribution is 0.0976. The van der Waals surface area contributed by atoms with Gasteiger partial charge in [0.05, 0.1) is 30.2 Å². The molecule has 0 unspecified atom stereocenters. The topological polar surface area (TPSA) is 106 Å². The van der Waals surface area contributed by atoms with Gasteiger partial charge in [-0.05, 0) is 61.9 Å². The van der Waals surface area contributed by atoms with Gasteiger partial charge in [0.15, 0.2) is 5.65 Å². The molecule has 3 heterocycles. The number of fused-ring (bicyclic) bond motifs is 1. The highest BCUT2D eigenvalue weighted by Gasteiger charge is 2.37. The van der Waals surface area contributed by atoms with Crippen LogP contribution in [0.15, 0.2) is 30.3 Å². The third kappa shape index (κ3) is 4.84. The molecule has 3 fully saturated rings. The van der Waals surface area contributed by atoms with Crippen LogP contribution in [0.1, 0.15) is 67.2 Å². The van der Waals surface area contributed by atoms with Crippen molar-refractivity contribution in [3.63, 3.8) is 0 Å². The van der Waals surface area contributed by atoms with Gasteiger partial charge in [-0.3, -0.25) is 4.79 Å². The third-order valence-electron chi connectivity index (χ3n) is 7.74. The van der Waals surface area contributed by atoms with Crippen molar-refractivity contribution in [3.05, 3.63) is 41.7 Å². The highest BCUT2D eigenvalue weighted by molar-refractivity contribution is 7.91. The Kier molecular flexibility index (Phi) is 6.40. The number of carbonyl (C=O) groups excluding carboxylic acids is 1. The molecule has 0 bridgehead atoms. The van der Waals surface area contributed by atoms with Crippen LogP contribution < -0.4 is 9.62 Å². The van der Waals surface area contributed by atoms with E-state index in [1.165, 1.54) is 6.42 Å². The molecule has 1 N–H and O–H groups in total. The molecular formula is C27H33N5O4S. The van der Waals surface area contributed by atoms with E-state index in [9.17, 15) is 13.2 Å². The molecule has 0 radical (unpaired) electrons. The lowest BCUT2D eigenvalue weighted by Crippen LogP contribution is -2.36. The van der Waals surface area contributed by atoms with Gasteiger partial charge in [-0.1, -0.05) is 31.4 Å². The van der Waals surface area contributed by atoms with E-state index in [2.05, 4.69) is 33.9 Å². The molecule has 10 heteroatoms. The van der Waals surface area contributed by atoms with Crippen molar-refractivity contribution in [1.29, 1.82) is 0 Å². The number of benzene rings is 1. The standard InChI is InChI=1S/C27H33N5O4S/c1-18-25-23(19-7-9-20(10-8-19)31-13-15-36-16-14-31)17-24(27(33)30-37(34,35)22-11-12-22)28-26(25)32(29-18)21-5-3-2-4-6-21/h7-10,17,21-22H,2-6,11-16H2,1H3,(H,30,33). The molecule has 1 saturated heterocycles. The number of ether oxygens (including phenoxy) is 1. The van der Waals surface area contributed by atoms with Gasteiger partial charge in [-0.25, -0.2) is 22.8 Å². The zero-order valence-electron chi connectivity index (χ0n) is 21.1. The first-order valence-corrected chi connectivity index (χ1v) is 14.8. The normalized spacial score (nSPS) is 19.3. The molecule has 1 aromatic carbocycles. The van der Waals surface area contributed by atoms with Gasteiger partial charge in [0.2, 0.25) is 10.0 Å². The van der Waals surface area contributed by atoms with Crippen molar-refractivity contribution in [2.75, 3.05) is 31.2 Å². The summed E-state index contributed by atoms with van der Waals surface area (Å²) in [6, 6.07) is 10.2. The van der Waals surface area contributed by atoms with E-state index < -0.39 is 21.2 Å². The largest absolute Gasteiger partial charge is 0.378 e. The van der Waals surface area contributed by atoms with Crippen LogP contribution in [0.3, 0.4) is 0 Å². The van der Waals surface area contributed by atoms with Crippen LogP contribution in [0.25, 0.3) is 22.2 Å². The van der Waals surface area contributed by atoms with Crippen LogP contribution in [-0.4, -0.2) is 60.6 Å². The second-order valence-corrected chi connectivity index (χ2v) is 12.4. The number of aryl methyl sites for hydroxylation is 1. The monoisotopic (exact) mass is 523 g/mol. The highest BCUT2D eigenvalue weighted by atomic mass is 32.2. The molecule has 196 valence electrons. The first kappa shape index (κ1) is 24.4. The van der Waals surface area contributed by atoms with Crippen LogP contribution in [0.2, 0.25) is 0 Å². The van der Waals surface area contributed by atoms with E-state index in [0.717, 1.165) is 66.7 Å². The Morgan fingerprint density at radius 2 is 1.73 bits per heavy atom. The SMILES string of the molecule is Cc1nn(C2CCCCC2)c2nc(C(=O)NS(=O)(=O)C3CC3)cc(-c3ccc(N4CCOCC4)cc3)c12. The van der Waals surface area contributed by atoms with Gasteiger partial charge >= 0.3 is 0 Å². The van der Waals surface area contributed by atoms with Gasteiger partial charge < -0.3 is 9.64 Å². The predicted molar refractivity (Wildman–Crippen MR) is 142 cm³/mol. The first-order chi connectivity index (χ1) is 17.9. The van der Waals surface area contributed by atoms with E-state index in [1.54, 1.807) is 6.07 Å². The highest BCUT2D eigenvalue weighted by Crippen LogP contribution is 2.36. The molecule has 6 rings (SSSR count). The summed E-state index contributed by atoms with van der Waals surface area (Å²) in [7, 11) is -3.69. The summed E-state index contributed by atoms with van der Waals surface area (Å²) in [5.41, 5.74) is 4.51. The maximum atomic E-state index is 13.2. The van der Waals surface area contributed by atoms with Crippen LogP contribution >= 0.6 is 0 Å². The number of nitrogens with zero attached hydrogens (tertiary/aromatic N) is 4. The molecular weight excluding hydrogens is 490 g/mol. The summed E-state index contributed by atoms with van der Waals surface area (Å²) in [5.74, 6) is -0.686. The molecule has 3 aliphatic rings. The van der Waals surface area contributed by atoms with E-state index in [0.29, 0.717) is 31.7 Å². The summed E-state index contributed by atoms with van der Waals surface area (Å²) in [4.78, 5) is 20.2. The number of pyridine rings is 1. The molecule has 1 amide bonds. The van der Waals surface area contributed by atoms with E-state index in [1.807, 2.05) is 11.6 Å². The number of rotatable bonds is 6. The third-order valence-corrected chi connectivity index (χ3v) is 9.56. The number of hydrogen-bond acceptors (Lipinski definition) is 7. The predicted octanol–water partition coefficient (Wildman–Crippen LogP) is 3.97. The maximum absolute atomic E-state index is 13.2. The average molecular weight is 524 g/mol. The molecule has 9 nitrogen and oxygen atoms in total. The maximum Gasteiger partial charge on any atom is 0.283 e.